The van der Waals surface area contributed by atoms with Crippen molar-refractivity contribution in [1.82, 2.24) is 10.3 Å². The van der Waals surface area contributed by atoms with Gasteiger partial charge >= 0.3 is 0 Å². The third kappa shape index (κ3) is 5.10. The Morgan fingerprint density at radius 3 is 2.79 bits per heavy atom. The predicted octanol–water partition coefficient (Wildman–Crippen LogP) is 4.71. The van der Waals surface area contributed by atoms with Crippen LogP contribution in [0.4, 0.5) is 0 Å². The summed E-state index contributed by atoms with van der Waals surface area (Å²) in [6, 6.07) is 5.44. The average Bonchev–Trinajstić information content (AvgIpc) is 3.40. The smallest absolute Gasteiger partial charge is 0.251 e. The first kappa shape index (κ1) is 20.2. The second kappa shape index (κ2) is 9.61. The van der Waals surface area contributed by atoms with Crippen LogP contribution in [0.1, 0.15) is 70.9 Å². The van der Waals surface area contributed by atoms with Crippen molar-refractivity contribution in [2.45, 2.75) is 70.3 Å². The Labute approximate surface area is 176 Å². The Kier molecular flexibility index (Phi) is 6.70. The molecule has 5 nitrogen and oxygen atoms in total. The number of rotatable bonds is 8. The highest BCUT2D eigenvalue weighted by molar-refractivity contribution is 7.11. The molecule has 0 spiro atoms. The van der Waals surface area contributed by atoms with Gasteiger partial charge in [0.2, 0.25) is 0 Å². The van der Waals surface area contributed by atoms with Crippen molar-refractivity contribution in [2.24, 2.45) is 0 Å². The van der Waals surface area contributed by atoms with Gasteiger partial charge in [-0.05, 0) is 76.0 Å². The number of ether oxygens (including phenoxy) is 2. The quantitative estimate of drug-likeness (QED) is 0.635. The first-order chi connectivity index (χ1) is 14.2. The van der Waals surface area contributed by atoms with Gasteiger partial charge in [0.15, 0.2) is 11.5 Å². The predicted molar refractivity (Wildman–Crippen MR) is 115 cm³/mol. The normalized spacial score (nSPS) is 16.4. The number of hydrogen-bond donors (Lipinski definition) is 1. The van der Waals surface area contributed by atoms with E-state index < -0.39 is 0 Å². The molecule has 1 fully saturated rings. The van der Waals surface area contributed by atoms with Gasteiger partial charge in [-0.1, -0.05) is 0 Å². The molecule has 6 heteroatoms. The van der Waals surface area contributed by atoms with Crippen LogP contribution in [0, 0.1) is 0 Å². The Bertz CT molecular complexity index is 819. The number of aryl methyl sites for hydroxylation is 3. The minimum absolute atomic E-state index is 0.0749. The van der Waals surface area contributed by atoms with Gasteiger partial charge in [0.1, 0.15) is 0 Å². The SMILES string of the molecule is COc1cc(C(=O)NCCCc2nc3c(s2)CCCC3)ccc1OC1CCCC1. The van der Waals surface area contributed by atoms with Gasteiger partial charge < -0.3 is 14.8 Å². The average molecular weight is 415 g/mol. The van der Waals surface area contributed by atoms with Gasteiger partial charge in [-0.2, -0.15) is 0 Å². The first-order valence-corrected chi connectivity index (χ1v) is 11.6. The number of benzene rings is 1. The Morgan fingerprint density at radius 2 is 2.00 bits per heavy atom. The van der Waals surface area contributed by atoms with E-state index in [2.05, 4.69) is 5.32 Å². The summed E-state index contributed by atoms with van der Waals surface area (Å²) in [4.78, 5) is 18.8. The van der Waals surface area contributed by atoms with Gasteiger partial charge in [-0.25, -0.2) is 4.98 Å². The van der Waals surface area contributed by atoms with Gasteiger partial charge in [0.05, 0.1) is 23.9 Å². The van der Waals surface area contributed by atoms with Crippen LogP contribution in [0.2, 0.25) is 0 Å². The molecule has 0 bridgehead atoms. The molecule has 4 rings (SSSR count). The van der Waals surface area contributed by atoms with Crippen molar-refractivity contribution < 1.29 is 14.3 Å². The molecule has 1 amide bonds. The van der Waals surface area contributed by atoms with Crippen LogP contribution in [-0.2, 0) is 19.3 Å². The zero-order chi connectivity index (χ0) is 20.1. The van der Waals surface area contributed by atoms with Gasteiger partial charge in [-0.15, -0.1) is 11.3 Å². The number of amides is 1. The number of nitrogens with zero attached hydrogens (tertiary/aromatic N) is 1. The molecule has 1 aromatic carbocycles. The Balaban J connectivity index is 1.27. The maximum atomic E-state index is 12.5. The number of fused-ring (bicyclic) bond motifs is 1. The highest BCUT2D eigenvalue weighted by Gasteiger charge is 2.19. The number of carbonyl (C=O) groups excluding carboxylic acids is 1. The number of thiazole rings is 1. The molecule has 2 aliphatic rings. The standard InChI is InChI=1S/C23H30N2O3S/c1-27-20-15-16(12-13-19(20)28-17-7-2-3-8-17)23(26)24-14-6-11-22-25-18-9-4-5-10-21(18)29-22/h12-13,15,17H,2-11,14H2,1H3,(H,24,26). The van der Waals surface area contributed by atoms with Crippen molar-refractivity contribution >= 4 is 17.2 Å². The number of hydrogen-bond acceptors (Lipinski definition) is 5. The summed E-state index contributed by atoms with van der Waals surface area (Å²) in [5.74, 6) is 1.27. The second-order valence-electron chi connectivity index (χ2n) is 7.93. The molecule has 0 aliphatic heterocycles. The summed E-state index contributed by atoms with van der Waals surface area (Å²) in [6.45, 7) is 0.645. The zero-order valence-electron chi connectivity index (χ0n) is 17.2. The monoisotopic (exact) mass is 414 g/mol. The molecule has 1 saturated carbocycles. The minimum atomic E-state index is -0.0749. The maximum Gasteiger partial charge on any atom is 0.251 e. The van der Waals surface area contributed by atoms with E-state index in [1.807, 2.05) is 23.5 Å². The summed E-state index contributed by atoms with van der Waals surface area (Å²) >= 11 is 1.86. The second-order valence-corrected chi connectivity index (χ2v) is 9.10. The molecule has 156 valence electrons. The van der Waals surface area contributed by atoms with Crippen molar-refractivity contribution in [3.05, 3.63) is 39.3 Å². The number of nitrogens with one attached hydrogen (secondary N) is 1. The Morgan fingerprint density at radius 1 is 1.17 bits per heavy atom. The van der Waals surface area contributed by atoms with E-state index >= 15 is 0 Å². The highest BCUT2D eigenvalue weighted by atomic mass is 32.1. The molecule has 2 aromatic rings. The fourth-order valence-electron chi connectivity index (χ4n) is 4.15. The maximum absolute atomic E-state index is 12.5. The number of aromatic nitrogens is 1. The first-order valence-electron chi connectivity index (χ1n) is 10.8. The molecule has 0 unspecified atom stereocenters. The van der Waals surface area contributed by atoms with Crippen LogP contribution in [0.5, 0.6) is 11.5 Å². The summed E-state index contributed by atoms with van der Waals surface area (Å²) in [5.41, 5.74) is 1.91. The van der Waals surface area contributed by atoms with Crippen LogP contribution in [0.15, 0.2) is 18.2 Å². The lowest BCUT2D eigenvalue weighted by Gasteiger charge is -2.16. The van der Waals surface area contributed by atoms with Crippen LogP contribution in [0.25, 0.3) is 0 Å². The summed E-state index contributed by atoms with van der Waals surface area (Å²) in [6.07, 6.45) is 11.6. The lowest BCUT2D eigenvalue weighted by atomic mass is 10.0. The van der Waals surface area contributed by atoms with Gasteiger partial charge in [0, 0.05) is 23.4 Å². The van der Waals surface area contributed by atoms with Crippen LogP contribution in [-0.4, -0.2) is 30.6 Å². The fraction of sp³-hybridized carbons (Fsp3) is 0.565. The lowest BCUT2D eigenvalue weighted by Crippen LogP contribution is -2.24. The van der Waals surface area contributed by atoms with E-state index in [-0.39, 0.29) is 12.0 Å². The van der Waals surface area contributed by atoms with E-state index in [4.69, 9.17) is 14.5 Å². The largest absolute Gasteiger partial charge is 0.493 e. The van der Waals surface area contributed by atoms with Gasteiger partial charge in [0.25, 0.3) is 5.91 Å². The number of methoxy groups -OCH3 is 1. The van der Waals surface area contributed by atoms with Crippen molar-refractivity contribution in [3.63, 3.8) is 0 Å². The highest BCUT2D eigenvalue weighted by Crippen LogP contribution is 2.32. The van der Waals surface area contributed by atoms with E-state index in [0.717, 1.165) is 37.9 Å². The third-order valence-electron chi connectivity index (χ3n) is 5.76. The minimum Gasteiger partial charge on any atom is -0.493 e. The van der Waals surface area contributed by atoms with Crippen LogP contribution < -0.4 is 14.8 Å². The molecule has 1 aromatic heterocycles. The number of carbonyl (C=O) groups is 1. The van der Waals surface area contributed by atoms with Crippen LogP contribution >= 0.6 is 11.3 Å². The summed E-state index contributed by atoms with van der Waals surface area (Å²) in [5, 5.41) is 4.23. The molecular weight excluding hydrogens is 384 g/mol. The lowest BCUT2D eigenvalue weighted by molar-refractivity contribution is 0.0952. The van der Waals surface area contributed by atoms with E-state index in [9.17, 15) is 4.79 Å². The third-order valence-corrected chi connectivity index (χ3v) is 6.98. The van der Waals surface area contributed by atoms with E-state index in [1.165, 1.54) is 47.7 Å². The Hall–Kier alpha value is -2.08. The molecule has 0 atom stereocenters. The molecule has 1 heterocycles. The molecule has 2 aliphatic carbocycles. The topological polar surface area (TPSA) is 60.5 Å². The molecular formula is C23H30N2O3S. The van der Waals surface area contributed by atoms with Crippen molar-refractivity contribution in [3.8, 4) is 11.5 Å². The van der Waals surface area contributed by atoms with E-state index in [1.54, 1.807) is 13.2 Å². The fourth-order valence-corrected chi connectivity index (χ4v) is 5.35. The van der Waals surface area contributed by atoms with E-state index in [0.29, 0.717) is 17.9 Å². The zero-order valence-corrected chi connectivity index (χ0v) is 18.0. The summed E-state index contributed by atoms with van der Waals surface area (Å²) in [7, 11) is 1.62. The molecule has 29 heavy (non-hydrogen) atoms. The summed E-state index contributed by atoms with van der Waals surface area (Å²) < 4.78 is 11.5. The molecule has 0 radical (unpaired) electrons. The van der Waals surface area contributed by atoms with Crippen molar-refractivity contribution in [2.75, 3.05) is 13.7 Å². The van der Waals surface area contributed by atoms with Crippen LogP contribution in [0.3, 0.4) is 0 Å². The molecule has 0 saturated heterocycles. The molecule has 1 N–H and O–H groups in total. The van der Waals surface area contributed by atoms with Crippen molar-refractivity contribution in [1.29, 1.82) is 0 Å². The van der Waals surface area contributed by atoms with Gasteiger partial charge in [-0.3, -0.25) is 4.79 Å².